The summed E-state index contributed by atoms with van der Waals surface area (Å²) in [6.45, 7) is 6.18. The van der Waals surface area contributed by atoms with Crippen LogP contribution in [0, 0.1) is 23.0 Å². The Bertz CT molecular complexity index is 361. The highest BCUT2D eigenvalue weighted by Crippen LogP contribution is 2.23. The van der Waals surface area contributed by atoms with E-state index in [0.717, 1.165) is 5.92 Å². The molecule has 0 heterocycles. The summed E-state index contributed by atoms with van der Waals surface area (Å²) in [5, 5.41) is 10.6. The van der Waals surface area contributed by atoms with Crippen LogP contribution in [0.3, 0.4) is 0 Å². The van der Waals surface area contributed by atoms with Gasteiger partial charge in [0.1, 0.15) is 5.75 Å². The van der Waals surface area contributed by atoms with Crippen molar-refractivity contribution in [2.24, 2.45) is 0 Å². The second kappa shape index (κ2) is 4.77. The third kappa shape index (κ3) is 3.23. The molecule has 0 spiro atoms. The number of hydrogen-bond acceptors (Lipinski definition) is 3. The van der Waals surface area contributed by atoms with E-state index in [0.29, 0.717) is 17.9 Å². The zero-order valence-corrected chi connectivity index (χ0v) is 9.11. The van der Waals surface area contributed by atoms with E-state index in [1.54, 1.807) is 19.1 Å². The quantitative estimate of drug-likeness (QED) is 0.564. The molecule has 1 aromatic carbocycles. The molecule has 0 aliphatic heterocycles. The van der Waals surface area contributed by atoms with Crippen molar-refractivity contribution in [2.45, 2.75) is 20.8 Å². The maximum atomic E-state index is 10.6. The van der Waals surface area contributed by atoms with Crippen molar-refractivity contribution < 1.29 is 9.66 Å². The van der Waals surface area contributed by atoms with E-state index in [9.17, 15) is 10.1 Å². The van der Waals surface area contributed by atoms with Gasteiger partial charge in [-0.2, -0.15) is 0 Å². The molecular formula is C11H14NO3. The number of aryl methyl sites for hydroxylation is 1. The van der Waals surface area contributed by atoms with E-state index in [-0.39, 0.29) is 5.69 Å². The topological polar surface area (TPSA) is 52.4 Å². The average molecular weight is 208 g/mol. The molecule has 0 aromatic heterocycles. The van der Waals surface area contributed by atoms with Gasteiger partial charge in [-0.3, -0.25) is 10.1 Å². The van der Waals surface area contributed by atoms with E-state index in [2.05, 4.69) is 0 Å². The molecule has 1 aromatic rings. The molecule has 81 valence electrons. The van der Waals surface area contributed by atoms with Crippen LogP contribution in [-0.2, 0) is 0 Å². The van der Waals surface area contributed by atoms with Gasteiger partial charge in [0, 0.05) is 17.5 Å². The molecule has 0 saturated heterocycles. The second-order valence-electron chi connectivity index (χ2n) is 3.70. The van der Waals surface area contributed by atoms with Gasteiger partial charge in [0.05, 0.1) is 11.5 Å². The van der Waals surface area contributed by atoms with E-state index in [4.69, 9.17) is 4.74 Å². The van der Waals surface area contributed by atoms with Crippen LogP contribution in [0.5, 0.6) is 5.75 Å². The Morgan fingerprint density at radius 2 is 2.13 bits per heavy atom. The van der Waals surface area contributed by atoms with Gasteiger partial charge in [0.15, 0.2) is 0 Å². The van der Waals surface area contributed by atoms with E-state index >= 15 is 0 Å². The molecule has 0 amide bonds. The zero-order valence-electron chi connectivity index (χ0n) is 9.11. The Morgan fingerprint density at radius 3 is 2.60 bits per heavy atom. The van der Waals surface area contributed by atoms with Gasteiger partial charge >= 0.3 is 0 Å². The zero-order chi connectivity index (χ0) is 11.4. The van der Waals surface area contributed by atoms with Crippen molar-refractivity contribution in [1.29, 1.82) is 0 Å². The van der Waals surface area contributed by atoms with Gasteiger partial charge in [-0.25, -0.2) is 0 Å². The van der Waals surface area contributed by atoms with Crippen LogP contribution in [0.2, 0.25) is 0 Å². The first kappa shape index (κ1) is 11.5. The minimum absolute atomic E-state index is 0.125. The molecule has 0 bridgehead atoms. The molecule has 1 radical (unpaired) electrons. The molecule has 0 fully saturated rings. The number of ether oxygens (including phenoxy) is 1. The van der Waals surface area contributed by atoms with Crippen LogP contribution in [0.15, 0.2) is 18.2 Å². The van der Waals surface area contributed by atoms with E-state index < -0.39 is 4.92 Å². The molecule has 1 rings (SSSR count). The summed E-state index contributed by atoms with van der Waals surface area (Å²) in [7, 11) is 0. The number of nitro benzene ring substituents is 1. The van der Waals surface area contributed by atoms with Crippen LogP contribution >= 0.6 is 0 Å². The molecule has 4 nitrogen and oxygen atoms in total. The smallest absolute Gasteiger partial charge is 0.272 e. The Morgan fingerprint density at radius 1 is 1.47 bits per heavy atom. The molecule has 0 aliphatic carbocycles. The summed E-state index contributed by atoms with van der Waals surface area (Å²) >= 11 is 0. The molecule has 0 saturated carbocycles. The second-order valence-corrected chi connectivity index (χ2v) is 3.70. The van der Waals surface area contributed by atoms with Crippen LogP contribution in [-0.4, -0.2) is 11.5 Å². The van der Waals surface area contributed by atoms with Gasteiger partial charge < -0.3 is 4.74 Å². The third-order valence-corrected chi connectivity index (χ3v) is 1.89. The minimum Gasteiger partial charge on any atom is -0.493 e. The van der Waals surface area contributed by atoms with Crippen LogP contribution in [0.1, 0.15) is 19.4 Å². The van der Waals surface area contributed by atoms with Crippen molar-refractivity contribution in [2.75, 3.05) is 6.61 Å². The third-order valence-electron chi connectivity index (χ3n) is 1.89. The highest BCUT2D eigenvalue weighted by Gasteiger charge is 2.10. The monoisotopic (exact) mass is 208 g/mol. The van der Waals surface area contributed by atoms with E-state index in [1.165, 1.54) is 6.07 Å². The summed E-state index contributed by atoms with van der Waals surface area (Å²) in [5.74, 6) is 1.82. The Hall–Kier alpha value is -1.58. The lowest BCUT2D eigenvalue weighted by atomic mass is 10.2. The largest absolute Gasteiger partial charge is 0.493 e. The Balaban J connectivity index is 2.78. The predicted molar refractivity (Wildman–Crippen MR) is 57.9 cm³/mol. The fourth-order valence-corrected chi connectivity index (χ4v) is 1.15. The summed E-state index contributed by atoms with van der Waals surface area (Å²) in [6.07, 6.45) is 0. The molecule has 0 atom stereocenters. The highest BCUT2D eigenvalue weighted by molar-refractivity contribution is 5.44. The number of rotatable bonds is 4. The molecule has 0 unspecified atom stereocenters. The van der Waals surface area contributed by atoms with Gasteiger partial charge in [-0.15, -0.1) is 0 Å². The first-order valence-corrected chi connectivity index (χ1v) is 4.67. The standard InChI is InChI=1S/C11H14NO3/c1-8(2)7-15-10-4-5-11(12(13)14)9(3)6-10/h4-6H,7H2,1-3H3. The first-order chi connectivity index (χ1) is 7.00. The molecule has 4 heteroatoms. The summed E-state index contributed by atoms with van der Waals surface area (Å²) in [6, 6.07) is 4.77. The minimum atomic E-state index is -0.393. The van der Waals surface area contributed by atoms with Crippen molar-refractivity contribution in [3.8, 4) is 5.75 Å². The SMILES string of the molecule is C[C](C)COc1ccc([N+](=O)[O-])c(C)c1. The van der Waals surface area contributed by atoms with Crippen molar-refractivity contribution in [3.63, 3.8) is 0 Å². The summed E-state index contributed by atoms with van der Waals surface area (Å²) in [4.78, 5) is 10.2. The molecule has 15 heavy (non-hydrogen) atoms. The maximum Gasteiger partial charge on any atom is 0.272 e. The lowest BCUT2D eigenvalue weighted by Gasteiger charge is -2.08. The number of nitrogens with zero attached hydrogens (tertiary/aromatic N) is 1. The predicted octanol–water partition coefficient (Wildman–Crippen LogP) is 2.90. The fourth-order valence-electron chi connectivity index (χ4n) is 1.15. The normalized spacial score (nSPS) is 10.4. The van der Waals surface area contributed by atoms with Gasteiger partial charge in [0.25, 0.3) is 5.69 Å². The number of nitro groups is 1. The Kier molecular flexibility index (Phi) is 3.66. The summed E-state index contributed by atoms with van der Waals surface area (Å²) in [5.41, 5.74) is 0.741. The lowest BCUT2D eigenvalue weighted by molar-refractivity contribution is -0.385. The molecule has 0 N–H and O–H groups in total. The highest BCUT2D eigenvalue weighted by atomic mass is 16.6. The maximum absolute atomic E-state index is 10.6. The van der Waals surface area contributed by atoms with Crippen LogP contribution in [0.4, 0.5) is 5.69 Å². The molecular weight excluding hydrogens is 194 g/mol. The van der Waals surface area contributed by atoms with Crippen molar-refractivity contribution >= 4 is 5.69 Å². The van der Waals surface area contributed by atoms with Crippen LogP contribution < -0.4 is 4.74 Å². The average Bonchev–Trinajstić information content (AvgIpc) is 2.14. The van der Waals surface area contributed by atoms with Gasteiger partial charge in [0.2, 0.25) is 0 Å². The summed E-state index contributed by atoms with van der Waals surface area (Å²) < 4.78 is 5.42. The van der Waals surface area contributed by atoms with Crippen molar-refractivity contribution in [1.82, 2.24) is 0 Å². The molecule has 0 aliphatic rings. The fraction of sp³-hybridized carbons (Fsp3) is 0.364. The first-order valence-electron chi connectivity index (χ1n) is 4.67. The van der Waals surface area contributed by atoms with E-state index in [1.807, 2.05) is 13.8 Å². The number of benzene rings is 1. The van der Waals surface area contributed by atoms with Crippen LogP contribution in [0.25, 0.3) is 0 Å². The van der Waals surface area contributed by atoms with Crippen molar-refractivity contribution in [3.05, 3.63) is 39.8 Å². The number of hydrogen-bond donors (Lipinski definition) is 0. The van der Waals surface area contributed by atoms with Gasteiger partial charge in [-0.05, 0) is 19.1 Å². The Labute approximate surface area is 89.0 Å². The lowest BCUT2D eigenvalue weighted by Crippen LogP contribution is -2.03. The van der Waals surface area contributed by atoms with Gasteiger partial charge in [-0.1, -0.05) is 13.8 Å².